The Labute approximate surface area is 99.4 Å². The highest BCUT2D eigenvalue weighted by molar-refractivity contribution is 7.11. The van der Waals surface area contributed by atoms with Crippen molar-refractivity contribution < 1.29 is 4.74 Å². The number of aromatic nitrogens is 2. The van der Waals surface area contributed by atoms with Crippen molar-refractivity contribution in [1.82, 2.24) is 15.5 Å². The van der Waals surface area contributed by atoms with Gasteiger partial charge in [0.1, 0.15) is 10.0 Å². The van der Waals surface area contributed by atoms with E-state index in [-0.39, 0.29) is 0 Å². The zero-order chi connectivity index (χ0) is 10.8. The van der Waals surface area contributed by atoms with Crippen LogP contribution >= 0.6 is 11.3 Å². The molecular formula is C11H17N3OS. The first-order chi connectivity index (χ1) is 7.93. The number of nitrogens with one attached hydrogen (secondary N) is 1. The molecule has 1 N–H and O–H groups in total. The van der Waals surface area contributed by atoms with Crippen LogP contribution in [0.5, 0.6) is 0 Å². The fraction of sp³-hybridized carbons (Fsp3) is 0.818. The van der Waals surface area contributed by atoms with Crippen molar-refractivity contribution in [2.24, 2.45) is 0 Å². The van der Waals surface area contributed by atoms with Gasteiger partial charge < -0.3 is 10.1 Å². The molecule has 1 atom stereocenters. The van der Waals surface area contributed by atoms with Gasteiger partial charge in [-0.3, -0.25) is 0 Å². The summed E-state index contributed by atoms with van der Waals surface area (Å²) >= 11 is 1.81. The van der Waals surface area contributed by atoms with Gasteiger partial charge in [-0.15, -0.1) is 21.5 Å². The summed E-state index contributed by atoms with van der Waals surface area (Å²) in [4.78, 5) is 0. The van der Waals surface area contributed by atoms with Crippen molar-refractivity contribution in [2.45, 2.75) is 31.1 Å². The summed E-state index contributed by atoms with van der Waals surface area (Å²) in [7, 11) is 0. The Morgan fingerprint density at radius 2 is 1.81 bits per heavy atom. The second-order valence-electron chi connectivity index (χ2n) is 4.56. The van der Waals surface area contributed by atoms with Gasteiger partial charge in [0.25, 0.3) is 0 Å². The van der Waals surface area contributed by atoms with Crippen LogP contribution in [0.25, 0.3) is 0 Å². The number of nitrogens with zero attached hydrogens (tertiary/aromatic N) is 2. The maximum absolute atomic E-state index is 5.40. The zero-order valence-corrected chi connectivity index (χ0v) is 10.1. The van der Waals surface area contributed by atoms with E-state index in [0.717, 1.165) is 32.7 Å². The average molecular weight is 239 g/mol. The van der Waals surface area contributed by atoms with Crippen molar-refractivity contribution >= 4 is 11.3 Å². The summed E-state index contributed by atoms with van der Waals surface area (Å²) in [6, 6.07) is 0. The Kier molecular flexibility index (Phi) is 3.17. The van der Waals surface area contributed by atoms with E-state index in [2.05, 4.69) is 15.5 Å². The Balaban J connectivity index is 1.71. The minimum absolute atomic E-state index is 0.507. The highest BCUT2D eigenvalue weighted by atomic mass is 32.1. The van der Waals surface area contributed by atoms with Gasteiger partial charge in [0.2, 0.25) is 0 Å². The van der Waals surface area contributed by atoms with Gasteiger partial charge in [-0.25, -0.2) is 0 Å². The molecule has 0 spiro atoms. The van der Waals surface area contributed by atoms with Gasteiger partial charge in [0.15, 0.2) is 0 Å². The van der Waals surface area contributed by atoms with E-state index in [9.17, 15) is 0 Å². The van der Waals surface area contributed by atoms with Crippen LogP contribution < -0.4 is 5.32 Å². The van der Waals surface area contributed by atoms with E-state index in [1.807, 2.05) is 0 Å². The lowest BCUT2D eigenvalue weighted by Crippen LogP contribution is -2.26. The largest absolute Gasteiger partial charge is 0.381 e. The number of rotatable bonds is 2. The normalized spacial score (nSPS) is 27.4. The lowest BCUT2D eigenvalue weighted by Gasteiger charge is -2.19. The maximum Gasteiger partial charge on any atom is 0.122 e. The van der Waals surface area contributed by atoms with Gasteiger partial charge in [-0.1, -0.05) is 0 Å². The standard InChI is InChI=1S/C11H17N3OS/c1-4-12-5-2-8(1)10-13-14-11(16-10)9-3-6-15-7-9/h8-9,12H,1-7H2. The van der Waals surface area contributed by atoms with E-state index in [1.165, 1.54) is 22.9 Å². The van der Waals surface area contributed by atoms with Crippen LogP contribution in [0.15, 0.2) is 0 Å². The Hall–Kier alpha value is -0.520. The first-order valence-corrected chi connectivity index (χ1v) is 6.87. The first-order valence-electron chi connectivity index (χ1n) is 6.05. The van der Waals surface area contributed by atoms with Gasteiger partial charge in [-0.05, 0) is 32.4 Å². The summed E-state index contributed by atoms with van der Waals surface area (Å²) in [5, 5.41) is 14.5. The third-order valence-electron chi connectivity index (χ3n) is 3.42. The summed E-state index contributed by atoms with van der Waals surface area (Å²) in [6.07, 6.45) is 3.52. The molecule has 0 bridgehead atoms. The highest BCUT2D eigenvalue weighted by Gasteiger charge is 2.24. The van der Waals surface area contributed by atoms with Gasteiger partial charge in [0.05, 0.1) is 6.61 Å². The van der Waals surface area contributed by atoms with Crippen molar-refractivity contribution in [2.75, 3.05) is 26.3 Å². The van der Waals surface area contributed by atoms with E-state index in [0.29, 0.717) is 11.8 Å². The summed E-state index contributed by atoms with van der Waals surface area (Å²) in [5.74, 6) is 1.14. The van der Waals surface area contributed by atoms with Crippen LogP contribution in [-0.2, 0) is 4.74 Å². The van der Waals surface area contributed by atoms with Gasteiger partial charge in [0, 0.05) is 18.4 Å². The molecule has 1 unspecified atom stereocenters. The zero-order valence-electron chi connectivity index (χ0n) is 9.32. The van der Waals surface area contributed by atoms with E-state index in [4.69, 9.17) is 4.74 Å². The monoisotopic (exact) mass is 239 g/mol. The van der Waals surface area contributed by atoms with Gasteiger partial charge in [-0.2, -0.15) is 0 Å². The molecule has 2 aliphatic heterocycles. The second-order valence-corrected chi connectivity index (χ2v) is 5.60. The van der Waals surface area contributed by atoms with Crippen molar-refractivity contribution in [1.29, 1.82) is 0 Å². The molecule has 0 saturated carbocycles. The van der Waals surface area contributed by atoms with Crippen molar-refractivity contribution in [3.8, 4) is 0 Å². The molecule has 1 aromatic rings. The summed E-state index contributed by atoms with van der Waals surface area (Å²) < 4.78 is 5.40. The molecule has 2 aliphatic rings. The minimum atomic E-state index is 0.507. The Bertz CT molecular complexity index is 343. The molecule has 88 valence electrons. The van der Waals surface area contributed by atoms with Crippen molar-refractivity contribution in [3.63, 3.8) is 0 Å². The molecule has 0 aromatic carbocycles. The number of ether oxygens (including phenoxy) is 1. The summed E-state index contributed by atoms with van der Waals surface area (Å²) in [5.41, 5.74) is 0. The molecule has 4 nitrogen and oxygen atoms in total. The third kappa shape index (κ3) is 2.12. The number of hydrogen-bond acceptors (Lipinski definition) is 5. The minimum Gasteiger partial charge on any atom is -0.381 e. The maximum atomic E-state index is 5.40. The van der Waals surface area contributed by atoms with Crippen LogP contribution in [0.1, 0.15) is 41.1 Å². The average Bonchev–Trinajstić information content (AvgIpc) is 3.01. The smallest absolute Gasteiger partial charge is 0.122 e. The Morgan fingerprint density at radius 3 is 2.50 bits per heavy atom. The van der Waals surface area contributed by atoms with Crippen LogP contribution in [0, 0.1) is 0 Å². The second kappa shape index (κ2) is 4.77. The van der Waals surface area contributed by atoms with Crippen LogP contribution in [0.2, 0.25) is 0 Å². The molecule has 16 heavy (non-hydrogen) atoms. The predicted molar refractivity (Wildman–Crippen MR) is 62.9 cm³/mol. The fourth-order valence-corrected chi connectivity index (χ4v) is 3.51. The van der Waals surface area contributed by atoms with Crippen molar-refractivity contribution in [3.05, 3.63) is 10.0 Å². The lowest BCUT2D eigenvalue weighted by molar-refractivity contribution is 0.194. The van der Waals surface area contributed by atoms with E-state index in [1.54, 1.807) is 11.3 Å². The lowest BCUT2D eigenvalue weighted by atomic mass is 9.99. The predicted octanol–water partition coefficient (Wildman–Crippen LogP) is 1.51. The molecule has 2 saturated heterocycles. The first kappa shape index (κ1) is 10.6. The topological polar surface area (TPSA) is 47.0 Å². The van der Waals surface area contributed by atoms with Crippen LogP contribution in [-0.4, -0.2) is 36.5 Å². The molecule has 0 aliphatic carbocycles. The van der Waals surface area contributed by atoms with Crippen LogP contribution in [0.4, 0.5) is 0 Å². The molecule has 0 radical (unpaired) electrons. The van der Waals surface area contributed by atoms with Crippen LogP contribution in [0.3, 0.4) is 0 Å². The summed E-state index contributed by atoms with van der Waals surface area (Å²) in [6.45, 7) is 3.95. The highest BCUT2D eigenvalue weighted by Crippen LogP contribution is 2.33. The molecule has 5 heteroatoms. The molecular weight excluding hydrogens is 222 g/mol. The van der Waals surface area contributed by atoms with E-state index >= 15 is 0 Å². The number of hydrogen-bond donors (Lipinski definition) is 1. The Morgan fingerprint density at radius 1 is 1.06 bits per heavy atom. The quantitative estimate of drug-likeness (QED) is 0.850. The van der Waals surface area contributed by atoms with Gasteiger partial charge >= 0.3 is 0 Å². The molecule has 3 heterocycles. The third-order valence-corrected chi connectivity index (χ3v) is 4.67. The SMILES string of the molecule is C1CC(c2nnc(C3CCOC3)s2)CCN1. The van der Waals surface area contributed by atoms with E-state index < -0.39 is 0 Å². The fourth-order valence-electron chi connectivity index (χ4n) is 2.37. The number of piperidine rings is 1. The molecule has 2 fully saturated rings. The molecule has 1 aromatic heterocycles. The molecule has 3 rings (SSSR count). The molecule has 0 amide bonds.